The fourth-order valence-electron chi connectivity index (χ4n) is 4.09. The van der Waals surface area contributed by atoms with E-state index in [0.717, 1.165) is 49.2 Å². The molecule has 4 rings (SSSR count). The van der Waals surface area contributed by atoms with Crippen molar-refractivity contribution in [2.45, 2.75) is 43.9 Å². The molecule has 3 heterocycles. The normalized spacial score (nSPS) is 22.2. The largest absolute Gasteiger partial charge is 0.370 e. The molecule has 1 aromatic carbocycles. The van der Waals surface area contributed by atoms with E-state index in [1.165, 1.54) is 17.4 Å². The van der Waals surface area contributed by atoms with Crippen molar-refractivity contribution in [3.63, 3.8) is 0 Å². The molecular weight excluding hydrogens is 363 g/mol. The second kappa shape index (κ2) is 8.09. The first-order chi connectivity index (χ1) is 13.1. The van der Waals surface area contributed by atoms with Gasteiger partial charge in [-0.1, -0.05) is 24.3 Å². The SMILES string of the molecule is O=C(NCC1CCC2(CCN(Cc3ccccc3F)CC2)O1)c1cccs1. The average molecular weight is 389 g/mol. The van der Waals surface area contributed by atoms with Gasteiger partial charge >= 0.3 is 0 Å². The van der Waals surface area contributed by atoms with E-state index in [0.29, 0.717) is 13.1 Å². The summed E-state index contributed by atoms with van der Waals surface area (Å²) in [6, 6.07) is 10.7. The van der Waals surface area contributed by atoms with Gasteiger partial charge in [0.15, 0.2) is 0 Å². The lowest BCUT2D eigenvalue weighted by molar-refractivity contribution is -0.0765. The maximum absolute atomic E-state index is 13.9. The van der Waals surface area contributed by atoms with E-state index in [2.05, 4.69) is 10.2 Å². The molecule has 1 atom stereocenters. The van der Waals surface area contributed by atoms with Crippen molar-refractivity contribution in [2.24, 2.45) is 0 Å². The Kier molecular flexibility index (Phi) is 5.57. The number of amides is 1. The van der Waals surface area contributed by atoms with Gasteiger partial charge in [-0.15, -0.1) is 11.3 Å². The molecule has 2 aliphatic heterocycles. The Balaban J connectivity index is 1.24. The number of hydrogen-bond acceptors (Lipinski definition) is 4. The van der Waals surface area contributed by atoms with E-state index >= 15 is 0 Å². The molecule has 0 saturated carbocycles. The monoisotopic (exact) mass is 388 g/mol. The predicted octanol–water partition coefficient (Wildman–Crippen LogP) is 3.83. The van der Waals surface area contributed by atoms with E-state index in [1.54, 1.807) is 6.07 Å². The minimum absolute atomic E-state index is 0.0192. The van der Waals surface area contributed by atoms with Crippen LogP contribution in [-0.2, 0) is 11.3 Å². The van der Waals surface area contributed by atoms with Crippen LogP contribution in [-0.4, -0.2) is 42.1 Å². The standard InChI is InChI=1S/C21H25FN2O2S/c22-18-5-2-1-4-16(18)15-24-11-9-21(10-12-24)8-7-17(26-21)14-23-20(25)19-6-3-13-27-19/h1-6,13,17H,7-12,14-15H2,(H,23,25). The number of carbonyl (C=O) groups excluding carboxylic acids is 1. The van der Waals surface area contributed by atoms with Crippen LogP contribution in [0.25, 0.3) is 0 Å². The summed E-state index contributed by atoms with van der Waals surface area (Å²) in [4.78, 5) is 15.1. The number of nitrogens with zero attached hydrogens (tertiary/aromatic N) is 1. The van der Waals surface area contributed by atoms with Crippen LogP contribution >= 0.6 is 11.3 Å². The number of piperidine rings is 1. The van der Waals surface area contributed by atoms with E-state index in [1.807, 2.05) is 29.6 Å². The number of ether oxygens (including phenoxy) is 1. The molecule has 4 nitrogen and oxygen atoms in total. The molecule has 0 aliphatic carbocycles. The van der Waals surface area contributed by atoms with Gasteiger partial charge in [0.05, 0.1) is 16.6 Å². The molecular formula is C21H25FN2O2S. The summed E-state index contributed by atoms with van der Waals surface area (Å²) < 4.78 is 20.2. The lowest BCUT2D eigenvalue weighted by atomic mass is 9.88. The fourth-order valence-corrected chi connectivity index (χ4v) is 4.73. The van der Waals surface area contributed by atoms with E-state index in [-0.39, 0.29) is 23.4 Å². The smallest absolute Gasteiger partial charge is 0.261 e. The maximum atomic E-state index is 13.9. The Morgan fingerprint density at radius 2 is 2.04 bits per heavy atom. The van der Waals surface area contributed by atoms with Gasteiger partial charge in [-0.3, -0.25) is 9.69 Å². The third-order valence-corrected chi connectivity index (χ3v) is 6.56. The second-order valence-corrected chi connectivity index (χ2v) is 8.46. The number of hydrogen-bond donors (Lipinski definition) is 1. The quantitative estimate of drug-likeness (QED) is 0.846. The minimum atomic E-state index is -0.128. The molecule has 2 aliphatic rings. The molecule has 1 amide bonds. The van der Waals surface area contributed by atoms with Crippen LogP contribution in [0.15, 0.2) is 41.8 Å². The lowest BCUT2D eigenvalue weighted by Crippen LogP contribution is -2.45. The van der Waals surface area contributed by atoms with Gasteiger partial charge in [0, 0.05) is 31.7 Å². The highest BCUT2D eigenvalue weighted by molar-refractivity contribution is 7.12. The van der Waals surface area contributed by atoms with Crippen molar-refractivity contribution in [1.82, 2.24) is 10.2 Å². The van der Waals surface area contributed by atoms with Crippen molar-refractivity contribution in [1.29, 1.82) is 0 Å². The van der Waals surface area contributed by atoms with E-state index < -0.39 is 0 Å². The van der Waals surface area contributed by atoms with Crippen LogP contribution in [0.4, 0.5) is 4.39 Å². The number of thiophene rings is 1. The van der Waals surface area contributed by atoms with Gasteiger partial charge in [0.1, 0.15) is 5.82 Å². The minimum Gasteiger partial charge on any atom is -0.370 e. The van der Waals surface area contributed by atoms with Crippen LogP contribution in [0.5, 0.6) is 0 Å². The molecule has 144 valence electrons. The predicted molar refractivity (Wildman–Crippen MR) is 104 cm³/mol. The molecule has 6 heteroatoms. The van der Waals surface area contributed by atoms with Crippen LogP contribution in [0, 0.1) is 5.82 Å². The van der Waals surface area contributed by atoms with Gasteiger partial charge in [-0.05, 0) is 43.2 Å². The van der Waals surface area contributed by atoms with Crippen LogP contribution in [0.3, 0.4) is 0 Å². The van der Waals surface area contributed by atoms with Crippen molar-refractivity contribution >= 4 is 17.2 Å². The number of halogens is 1. The molecule has 2 fully saturated rings. The van der Waals surface area contributed by atoms with Crippen molar-refractivity contribution in [3.05, 3.63) is 58.0 Å². The number of likely N-dealkylation sites (tertiary alicyclic amines) is 1. The molecule has 0 bridgehead atoms. The van der Waals surface area contributed by atoms with Gasteiger partial charge < -0.3 is 10.1 Å². The third kappa shape index (κ3) is 4.39. The number of nitrogens with one attached hydrogen (secondary N) is 1. The molecule has 2 aromatic rings. The first kappa shape index (κ1) is 18.6. The Hall–Kier alpha value is -1.76. The fraction of sp³-hybridized carbons (Fsp3) is 0.476. The molecule has 1 N–H and O–H groups in total. The van der Waals surface area contributed by atoms with E-state index in [4.69, 9.17) is 4.74 Å². The zero-order valence-electron chi connectivity index (χ0n) is 15.3. The van der Waals surface area contributed by atoms with Crippen LogP contribution < -0.4 is 5.32 Å². The summed E-state index contributed by atoms with van der Waals surface area (Å²) >= 11 is 1.45. The zero-order chi connectivity index (χ0) is 18.7. The summed E-state index contributed by atoms with van der Waals surface area (Å²) in [7, 11) is 0. The van der Waals surface area contributed by atoms with Crippen molar-refractivity contribution < 1.29 is 13.9 Å². The zero-order valence-corrected chi connectivity index (χ0v) is 16.1. The Morgan fingerprint density at radius 3 is 2.78 bits per heavy atom. The molecule has 1 spiro atoms. The number of carbonyl (C=O) groups is 1. The van der Waals surface area contributed by atoms with E-state index in [9.17, 15) is 9.18 Å². The Morgan fingerprint density at radius 1 is 1.22 bits per heavy atom. The summed E-state index contributed by atoms with van der Waals surface area (Å²) in [6.45, 7) is 3.06. The summed E-state index contributed by atoms with van der Waals surface area (Å²) in [6.07, 6.45) is 4.05. The van der Waals surface area contributed by atoms with Gasteiger partial charge in [-0.25, -0.2) is 4.39 Å². The first-order valence-corrected chi connectivity index (χ1v) is 10.5. The molecule has 1 unspecified atom stereocenters. The highest BCUT2D eigenvalue weighted by Gasteiger charge is 2.42. The first-order valence-electron chi connectivity index (χ1n) is 9.59. The van der Waals surface area contributed by atoms with Crippen molar-refractivity contribution in [2.75, 3.05) is 19.6 Å². The highest BCUT2D eigenvalue weighted by atomic mass is 32.1. The topological polar surface area (TPSA) is 41.6 Å². The number of benzene rings is 1. The molecule has 2 saturated heterocycles. The van der Waals surface area contributed by atoms with Crippen molar-refractivity contribution in [3.8, 4) is 0 Å². The van der Waals surface area contributed by atoms with Gasteiger partial charge in [-0.2, -0.15) is 0 Å². The second-order valence-electron chi connectivity index (χ2n) is 7.52. The van der Waals surface area contributed by atoms with Gasteiger partial charge in [0.25, 0.3) is 5.91 Å². The van der Waals surface area contributed by atoms with Gasteiger partial charge in [0.2, 0.25) is 0 Å². The third-order valence-electron chi connectivity index (χ3n) is 5.69. The summed E-state index contributed by atoms with van der Waals surface area (Å²) in [5, 5.41) is 4.90. The molecule has 1 aromatic heterocycles. The maximum Gasteiger partial charge on any atom is 0.261 e. The van der Waals surface area contributed by atoms with Crippen LogP contribution in [0.1, 0.15) is 40.9 Å². The Bertz CT molecular complexity index is 772. The molecule has 27 heavy (non-hydrogen) atoms. The summed E-state index contributed by atoms with van der Waals surface area (Å²) in [5.41, 5.74) is 0.694. The highest BCUT2D eigenvalue weighted by Crippen LogP contribution is 2.39. The summed E-state index contributed by atoms with van der Waals surface area (Å²) in [5.74, 6) is -0.147. The average Bonchev–Trinajstić information content (AvgIpc) is 3.35. The molecule has 0 radical (unpaired) electrons. The van der Waals surface area contributed by atoms with Crippen LogP contribution in [0.2, 0.25) is 0 Å². The number of rotatable bonds is 5. The Labute approximate surface area is 163 Å². The lowest BCUT2D eigenvalue weighted by Gasteiger charge is -2.39.